The second kappa shape index (κ2) is 6.68. The molecule has 132 valence electrons. The number of nitrogens with one attached hydrogen (secondary N) is 1. The first-order chi connectivity index (χ1) is 13.3. The Bertz CT molecular complexity index is 1130. The largest absolute Gasteiger partial charge is 0.309 e. The van der Waals surface area contributed by atoms with Crippen LogP contribution in [0.1, 0.15) is 16.0 Å². The third-order valence-corrected chi connectivity index (χ3v) is 5.94. The molecule has 2 aromatic heterocycles. The van der Waals surface area contributed by atoms with E-state index in [2.05, 4.69) is 39.8 Å². The minimum atomic E-state index is -0.275. The molecule has 3 heterocycles. The van der Waals surface area contributed by atoms with Gasteiger partial charge in [0.05, 0.1) is 5.69 Å². The monoisotopic (exact) mass is 373 g/mol. The second-order valence-corrected chi connectivity index (χ2v) is 7.58. The zero-order valence-corrected chi connectivity index (χ0v) is 15.3. The molecule has 1 aliphatic heterocycles. The molecule has 0 saturated heterocycles. The Kier molecular flexibility index (Phi) is 4.03. The Labute approximate surface area is 160 Å². The predicted molar refractivity (Wildman–Crippen MR) is 108 cm³/mol. The van der Waals surface area contributed by atoms with Gasteiger partial charge in [-0.15, -0.1) is 11.3 Å². The minimum Gasteiger partial charge on any atom is -0.309 e. The summed E-state index contributed by atoms with van der Waals surface area (Å²) in [6.45, 7) is 1.44. The lowest BCUT2D eigenvalue weighted by molar-refractivity contribution is 0.628. The van der Waals surface area contributed by atoms with Crippen molar-refractivity contribution >= 4 is 27.0 Å². The standard InChI is InChI=1S/C22H16FN3S/c23-19-12-17-15(10-18(19)20-5-3-8-25-26-20)13-24-9-7-16(17)22-11-14-4-1-2-6-21(14)27-22/h1-8,10-12,24H,9,13H2. The van der Waals surface area contributed by atoms with Gasteiger partial charge >= 0.3 is 0 Å². The fourth-order valence-electron chi connectivity index (χ4n) is 3.50. The molecule has 0 unspecified atom stereocenters. The summed E-state index contributed by atoms with van der Waals surface area (Å²) in [6, 6.07) is 17.6. The van der Waals surface area contributed by atoms with E-state index in [0.717, 1.165) is 28.1 Å². The number of rotatable bonds is 2. The maximum atomic E-state index is 15.0. The SMILES string of the molecule is Fc1cc2c(cc1-c1cccnn1)CNCC=C2c1cc2ccccc2s1. The van der Waals surface area contributed by atoms with Crippen LogP contribution in [0.5, 0.6) is 0 Å². The van der Waals surface area contributed by atoms with Crippen molar-refractivity contribution in [1.82, 2.24) is 15.5 Å². The smallest absolute Gasteiger partial charge is 0.133 e. The van der Waals surface area contributed by atoms with Crippen LogP contribution in [-0.2, 0) is 6.54 Å². The first kappa shape index (κ1) is 16.3. The first-order valence-electron chi connectivity index (χ1n) is 8.80. The van der Waals surface area contributed by atoms with Crippen LogP contribution in [0, 0.1) is 5.82 Å². The van der Waals surface area contributed by atoms with Gasteiger partial charge in [0, 0.05) is 34.4 Å². The fraction of sp³-hybridized carbons (Fsp3) is 0.0909. The molecule has 0 atom stereocenters. The summed E-state index contributed by atoms with van der Waals surface area (Å²) >= 11 is 1.74. The van der Waals surface area contributed by atoms with Crippen molar-refractivity contribution < 1.29 is 4.39 Å². The number of thiophene rings is 1. The fourth-order valence-corrected chi connectivity index (χ4v) is 4.61. The Hall–Kier alpha value is -2.89. The molecule has 0 bridgehead atoms. The highest BCUT2D eigenvalue weighted by molar-refractivity contribution is 7.20. The van der Waals surface area contributed by atoms with Gasteiger partial charge in [-0.05, 0) is 58.5 Å². The van der Waals surface area contributed by atoms with Crippen LogP contribution < -0.4 is 5.32 Å². The summed E-state index contributed by atoms with van der Waals surface area (Å²) in [6.07, 6.45) is 3.74. The number of fused-ring (bicyclic) bond motifs is 2. The predicted octanol–water partition coefficient (Wildman–Crippen LogP) is 5.03. The van der Waals surface area contributed by atoms with Crippen LogP contribution >= 0.6 is 11.3 Å². The van der Waals surface area contributed by atoms with Crippen molar-refractivity contribution in [2.45, 2.75) is 6.54 Å². The Morgan fingerprint density at radius 3 is 2.78 bits per heavy atom. The minimum absolute atomic E-state index is 0.275. The van der Waals surface area contributed by atoms with Gasteiger partial charge in [-0.3, -0.25) is 0 Å². The number of aromatic nitrogens is 2. The summed E-state index contributed by atoms with van der Waals surface area (Å²) in [5.74, 6) is -0.275. The van der Waals surface area contributed by atoms with Gasteiger partial charge in [0.2, 0.25) is 0 Å². The molecule has 27 heavy (non-hydrogen) atoms. The van der Waals surface area contributed by atoms with Crippen molar-refractivity contribution in [2.75, 3.05) is 6.54 Å². The zero-order chi connectivity index (χ0) is 18.2. The third-order valence-electron chi connectivity index (χ3n) is 4.79. The van der Waals surface area contributed by atoms with Gasteiger partial charge in [0.1, 0.15) is 5.82 Å². The average molecular weight is 373 g/mol. The molecule has 5 heteroatoms. The van der Waals surface area contributed by atoms with E-state index in [9.17, 15) is 4.39 Å². The molecular formula is C22H16FN3S. The number of nitrogens with zero attached hydrogens (tertiary/aromatic N) is 2. The molecular weight excluding hydrogens is 357 g/mol. The van der Waals surface area contributed by atoms with E-state index in [0.29, 0.717) is 17.8 Å². The molecule has 0 aliphatic carbocycles. The molecule has 3 nitrogen and oxygen atoms in total. The van der Waals surface area contributed by atoms with Gasteiger partial charge in [-0.2, -0.15) is 10.2 Å². The molecule has 5 rings (SSSR count). The summed E-state index contributed by atoms with van der Waals surface area (Å²) in [4.78, 5) is 1.16. The summed E-state index contributed by atoms with van der Waals surface area (Å²) in [5.41, 5.74) is 4.13. The van der Waals surface area contributed by atoms with E-state index in [-0.39, 0.29) is 5.82 Å². The zero-order valence-electron chi connectivity index (χ0n) is 14.4. The normalized spacial score (nSPS) is 13.9. The Morgan fingerprint density at radius 2 is 1.93 bits per heavy atom. The van der Waals surface area contributed by atoms with Crippen LogP contribution in [-0.4, -0.2) is 16.7 Å². The van der Waals surface area contributed by atoms with Gasteiger partial charge in [0.25, 0.3) is 0 Å². The average Bonchev–Trinajstić information content (AvgIpc) is 3.02. The summed E-state index contributed by atoms with van der Waals surface area (Å²) < 4.78 is 16.2. The van der Waals surface area contributed by atoms with Crippen molar-refractivity contribution in [1.29, 1.82) is 0 Å². The van der Waals surface area contributed by atoms with Crippen molar-refractivity contribution in [3.05, 3.63) is 88.7 Å². The van der Waals surface area contributed by atoms with Crippen molar-refractivity contribution in [3.63, 3.8) is 0 Å². The topological polar surface area (TPSA) is 37.8 Å². The highest BCUT2D eigenvalue weighted by Crippen LogP contribution is 2.37. The van der Waals surface area contributed by atoms with E-state index in [1.54, 1.807) is 35.7 Å². The molecule has 0 spiro atoms. The lowest BCUT2D eigenvalue weighted by Crippen LogP contribution is -2.11. The van der Waals surface area contributed by atoms with Crippen molar-refractivity contribution in [2.24, 2.45) is 0 Å². The highest BCUT2D eigenvalue weighted by atomic mass is 32.1. The van der Waals surface area contributed by atoms with E-state index >= 15 is 0 Å². The maximum Gasteiger partial charge on any atom is 0.133 e. The van der Waals surface area contributed by atoms with E-state index in [1.165, 1.54) is 10.1 Å². The third kappa shape index (κ3) is 2.95. The van der Waals surface area contributed by atoms with E-state index in [4.69, 9.17) is 0 Å². The van der Waals surface area contributed by atoms with Crippen LogP contribution in [0.25, 0.3) is 26.9 Å². The number of halogens is 1. The van der Waals surface area contributed by atoms with Gasteiger partial charge in [0.15, 0.2) is 0 Å². The van der Waals surface area contributed by atoms with Crippen molar-refractivity contribution in [3.8, 4) is 11.3 Å². The number of hydrogen-bond donors (Lipinski definition) is 1. The number of hydrogen-bond acceptors (Lipinski definition) is 4. The van der Waals surface area contributed by atoms with Gasteiger partial charge in [-0.25, -0.2) is 4.39 Å². The maximum absolute atomic E-state index is 15.0. The lowest BCUT2D eigenvalue weighted by Gasteiger charge is -2.12. The quantitative estimate of drug-likeness (QED) is 0.535. The van der Waals surface area contributed by atoms with E-state index in [1.807, 2.05) is 18.2 Å². The van der Waals surface area contributed by atoms with Gasteiger partial charge < -0.3 is 5.32 Å². The molecule has 2 aromatic carbocycles. The van der Waals surface area contributed by atoms with Crippen LogP contribution in [0.2, 0.25) is 0 Å². The Morgan fingerprint density at radius 1 is 1.00 bits per heavy atom. The molecule has 0 fully saturated rings. The molecule has 0 saturated carbocycles. The van der Waals surface area contributed by atoms with Gasteiger partial charge in [-0.1, -0.05) is 24.3 Å². The molecule has 1 aliphatic rings. The molecule has 0 radical (unpaired) electrons. The van der Waals surface area contributed by atoms with E-state index < -0.39 is 0 Å². The van der Waals surface area contributed by atoms with Crippen LogP contribution in [0.4, 0.5) is 4.39 Å². The lowest BCUT2D eigenvalue weighted by atomic mass is 9.95. The molecule has 1 N–H and O–H groups in total. The molecule has 4 aromatic rings. The summed E-state index contributed by atoms with van der Waals surface area (Å²) in [5, 5.41) is 12.6. The summed E-state index contributed by atoms with van der Waals surface area (Å²) in [7, 11) is 0. The van der Waals surface area contributed by atoms with Crippen LogP contribution in [0.15, 0.2) is 66.9 Å². The van der Waals surface area contributed by atoms with Crippen LogP contribution in [0.3, 0.4) is 0 Å². The second-order valence-electron chi connectivity index (χ2n) is 6.50. The Balaban J connectivity index is 1.66. The first-order valence-corrected chi connectivity index (χ1v) is 9.62. The highest BCUT2D eigenvalue weighted by Gasteiger charge is 2.19. The molecule has 0 amide bonds. The number of benzene rings is 2.